The first-order valence-corrected chi connectivity index (χ1v) is 8.11. The minimum atomic E-state index is -0.547. The third kappa shape index (κ3) is 3.71. The maximum Gasteiger partial charge on any atom is 0.305 e. The zero-order valence-corrected chi connectivity index (χ0v) is 13.8. The average molecular weight is 341 g/mol. The molecule has 2 N–H and O–H groups in total. The highest BCUT2D eigenvalue weighted by molar-refractivity contribution is 6.01. The fraction of sp³-hybridized carbons (Fsp3) is 0.278. The van der Waals surface area contributed by atoms with Crippen molar-refractivity contribution in [3.63, 3.8) is 0 Å². The summed E-state index contributed by atoms with van der Waals surface area (Å²) < 4.78 is 4.94. The highest BCUT2D eigenvalue weighted by atomic mass is 16.3. The monoisotopic (exact) mass is 341 g/mol. The summed E-state index contributed by atoms with van der Waals surface area (Å²) in [4.78, 5) is 37.8. The second-order valence-electron chi connectivity index (χ2n) is 5.85. The van der Waals surface area contributed by atoms with Crippen LogP contribution >= 0.6 is 0 Å². The van der Waals surface area contributed by atoms with Gasteiger partial charge in [-0.2, -0.15) is 0 Å². The molecule has 2 aromatic rings. The molecule has 0 aliphatic carbocycles. The Labute approximate surface area is 145 Å². The molecule has 1 saturated heterocycles. The standard InChI is InChI=1S/C18H19N3O4/c1-2-12-5-7-14(8-6-12)21-11-13(10-16(21)22)17(23)19-20-18(24)15-4-3-9-25-15/h3-9,13H,2,10-11H2,1H3,(H,19,23)(H,20,24). The van der Waals surface area contributed by atoms with E-state index >= 15 is 0 Å². The summed E-state index contributed by atoms with van der Waals surface area (Å²) >= 11 is 0. The van der Waals surface area contributed by atoms with Crippen molar-refractivity contribution in [1.29, 1.82) is 0 Å². The van der Waals surface area contributed by atoms with Crippen LogP contribution in [0.1, 0.15) is 29.5 Å². The molecule has 1 aromatic carbocycles. The molecule has 25 heavy (non-hydrogen) atoms. The van der Waals surface area contributed by atoms with Gasteiger partial charge in [-0.05, 0) is 36.2 Å². The molecule has 0 saturated carbocycles. The Bertz CT molecular complexity index is 768. The van der Waals surface area contributed by atoms with Gasteiger partial charge in [0.1, 0.15) is 0 Å². The van der Waals surface area contributed by atoms with E-state index in [1.807, 2.05) is 24.3 Å². The molecule has 7 heteroatoms. The SMILES string of the molecule is CCc1ccc(N2CC(C(=O)NNC(=O)c3ccco3)CC2=O)cc1. The molecule has 1 fully saturated rings. The smallest absolute Gasteiger partial charge is 0.305 e. The zero-order valence-electron chi connectivity index (χ0n) is 13.8. The minimum absolute atomic E-state index is 0.0976. The molecule has 1 aromatic heterocycles. The van der Waals surface area contributed by atoms with Crippen LogP contribution in [-0.2, 0) is 16.0 Å². The topological polar surface area (TPSA) is 91.7 Å². The van der Waals surface area contributed by atoms with Crippen molar-refractivity contribution in [2.45, 2.75) is 19.8 Å². The molecule has 1 atom stereocenters. The normalized spacial score (nSPS) is 16.8. The van der Waals surface area contributed by atoms with Gasteiger partial charge in [-0.15, -0.1) is 0 Å². The van der Waals surface area contributed by atoms with Crippen LogP contribution in [0.5, 0.6) is 0 Å². The summed E-state index contributed by atoms with van der Waals surface area (Å²) in [5.74, 6) is -1.48. The highest BCUT2D eigenvalue weighted by Crippen LogP contribution is 2.25. The lowest BCUT2D eigenvalue weighted by Gasteiger charge is -2.17. The second kappa shape index (κ2) is 7.21. The molecule has 1 unspecified atom stereocenters. The molecular weight excluding hydrogens is 322 g/mol. The number of hydrogen-bond donors (Lipinski definition) is 2. The summed E-state index contributed by atoms with van der Waals surface area (Å²) in [5.41, 5.74) is 6.59. The van der Waals surface area contributed by atoms with Crippen molar-refractivity contribution in [2.24, 2.45) is 5.92 Å². The van der Waals surface area contributed by atoms with Crippen LogP contribution in [0.3, 0.4) is 0 Å². The van der Waals surface area contributed by atoms with Gasteiger partial charge in [0.05, 0.1) is 12.2 Å². The molecule has 1 aliphatic heterocycles. The summed E-state index contributed by atoms with van der Waals surface area (Å²) in [6.45, 7) is 2.35. The first kappa shape index (κ1) is 16.8. The van der Waals surface area contributed by atoms with Gasteiger partial charge in [0.15, 0.2) is 5.76 Å². The van der Waals surface area contributed by atoms with E-state index in [9.17, 15) is 14.4 Å². The number of carbonyl (C=O) groups excluding carboxylic acids is 3. The second-order valence-corrected chi connectivity index (χ2v) is 5.85. The number of nitrogens with one attached hydrogen (secondary N) is 2. The van der Waals surface area contributed by atoms with Crippen molar-refractivity contribution in [3.8, 4) is 0 Å². The lowest BCUT2D eigenvalue weighted by atomic mass is 10.1. The predicted molar refractivity (Wildman–Crippen MR) is 90.6 cm³/mol. The predicted octanol–water partition coefficient (Wildman–Crippen LogP) is 1.66. The Kier molecular flexibility index (Phi) is 4.83. The lowest BCUT2D eigenvalue weighted by Crippen LogP contribution is -2.45. The Hall–Kier alpha value is -3.09. The summed E-state index contributed by atoms with van der Waals surface area (Å²) in [5, 5.41) is 0. The van der Waals surface area contributed by atoms with Gasteiger partial charge in [-0.3, -0.25) is 25.2 Å². The van der Waals surface area contributed by atoms with Crippen molar-refractivity contribution in [2.75, 3.05) is 11.4 Å². The van der Waals surface area contributed by atoms with Crippen LogP contribution < -0.4 is 15.8 Å². The van der Waals surface area contributed by atoms with Crippen molar-refractivity contribution in [3.05, 3.63) is 54.0 Å². The van der Waals surface area contributed by atoms with Gasteiger partial charge < -0.3 is 9.32 Å². The molecule has 2 heterocycles. The molecule has 7 nitrogen and oxygen atoms in total. The van der Waals surface area contributed by atoms with E-state index in [4.69, 9.17) is 4.42 Å². The largest absolute Gasteiger partial charge is 0.459 e. The first-order chi connectivity index (χ1) is 12.1. The van der Waals surface area contributed by atoms with Gasteiger partial charge in [-0.25, -0.2) is 0 Å². The van der Waals surface area contributed by atoms with Crippen LogP contribution in [0, 0.1) is 5.92 Å². The molecule has 3 amide bonds. The van der Waals surface area contributed by atoms with E-state index in [1.165, 1.54) is 17.9 Å². The Balaban J connectivity index is 1.57. The number of hydrazine groups is 1. The van der Waals surface area contributed by atoms with Crippen LogP contribution in [0.4, 0.5) is 5.69 Å². The van der Waals surface area contributed by atoms with E-state index in [-0.39, 0.29) is 24.6 Å². The van der Waals surface area contributed by atoms with Crippen LogP contribution in [-0.4, -0.2) is 24.3 Å². The summed E-state index contributed by atoms with van der Waals surface area (Å²) in [6, 6.07) is 10.8. The van der Waals surface area contributed by atoms with E-state index in [0.29, 0.717) is 0 Å². The number of aryl methyl sites for hydroxylation is 1. The fourth-order valence-corrected chi connectivity index (χ4v) is 2.73. The van der Waals surface area contributed by atoms with Crippen molar-refractivity contribution < 1.29 is 18.8 Å². The maximum atomic E-state index is 12.2. The maximum absolute atomic E-state index is 12.2. The molecule has 3 rings (SSSR count). The fourth-order valence-electron chi connectivity index (χ4n) is 2.73. The third-order valence-corrected chi connectivity index (χ3v) is 4.20. The molecule has 0 radical (unpaired) electrons. The molecule has 1 aliphatic rings. The third-order valence-electron chi connectivity index (χ3n) is 4.20. The van der Waals surface area contributed by atoms with Gasteiger partial charge in [0.25, 0.3) is 0 Å². The number of amides is 3. The Morgan fingerprint density at radius 3 is 2.60 bits per heavy atom. The van der Waals surface area contributed by atoms with Gasteiger partial charge in [-0.1, -0.05) is 19.1 Å². The number of furan rings is 1. The van der Waals surface area contributed by atoms with E-state index < -0.39 is 17.7 Å². The van der Waals surface area contributed by atoms with Gasteiger partial charge in [0.2, 0.25) is 11.8 Å². The Morgan fingerprint density at radius 2 is 1.96 bits per heavy atom. The quantitative estimate of drug-likeness (QED) is 0.827. The van der Waals surface area contributed by atoms with Crippen LogP contribution in [0.15, 0.2) is 47.1 Å². The van der Waals surface area contributed by atoms with Crippen LogP contribution in [0.25, 0.3) is 0 Å². The van der Waals surface area contributed by atoms with Crippen molar-refractivity contribution >= 4 is 23.4 Å². The Morgan fingerprint density at radius 1 is 1.20 bits per heavy atom. The minimum Gasteiger partial charge on any atom is -0.459 e. The number of benzene rings is 1. The van der Waals surface area contributed by atoms with E-state index in [1.54, 1.807) is 11.0 Å². The van der Waals surface area contributed by atoms with Crippen LogP contribution in [0.2, 0.25) is 0 Å². The highest BCUT2D eigenvalue weighted by Gasteiger charge is 2.35. The summed E-state index contributed by atoms with van der Waals surface area (Å²) in [7, 11) is 0. The number of hydrogen-bond acceptors (Lipinski definition) is 4. The molecule has 130 valence electrons. The van der Waals surface area contributed by atoms with E-state index in [0.717, 1.165) is 12.1 Å². The number of anilines is 1. The molecule has 0 spiro atoms. The van der Waals surface area contributed by atoms with Gasteiger partial charge >= 0.3 is 5.91 Å². The first-order valence-electron chi connectivity index (χ1n) is 8.11. The van der Waals surface area contributed by atoms with Gasteiger partial charge in [0, 0.05) is 18.7 Å². The van der Waals surface area contributed by atoms with E-state index in [2.05, 4.69) is 17.8 Å². The summed E-state index contributed by atoms with van der Waals surface area (Å²) in [6.07, 6.45) is 2.40. The molecule has 0 bridgehead atoms. The number of rotatable bonds is 4. The number of carbonyl (C=O) groups is 3. The van der Waals surface area contributed by atoms with Crippen molar-refractivity contribution in [1.82, 2.24) is 10.9 Å². The number of nitrogens with zero attached hydrogens (tertiary/aromatic N) is 1. The lowest BCUT2D eigenvalue weighted by molar-refractivity contribution is -0.126. The molecular formula is C18H19N3O4. The average Bonchev–Trinajstić information content (AvgIpc) is 3.29. The zero-order chi connectivity index (χ0) is 17.8.